The van der Waals surface area contributed by atoms with E-state index in [-0.39, 0.29) is 24.0 Å². The molecule has 170 valence electrons. The van der Waals surface area contributed by atoms with Gasteiger partial charge in [0.2, 0.25) is 0 Å². The first kappa shape index (κ1) is 24.0. The summed E-state index contributed by atoms with van der Waals surface area (Å²) in [5.41, 5.74) is 3.66. The summed E-state index contributed by atoms with van der Waals surface area (Å²) in [5.74, 6) is 1.01. The van der Waals surface area contributed by atoms with Crippen molar-refractivity contribution in [3.8, 4) is 0 Å². The molecule has 4 rings (SSSR count). The smallest absolute Gasteiger partial charge is 0.194 e. The maximum atomic E-state index is 4.94. The minimum atomic E-state index is 0. The van der Waals surface area contributed by atoms with E-state index < -0.39 is 0 Å². The third-order valence-electron chi connectivity index (χ3n) is 5.92. The van der Waals surface area contributed by atoms with Gasteiger partial charge in [-0.25, -0.2) is 4.99 Å². The van der Waals surface area contributed by atoms with Crippen LogP contribution in [0.1, 0.15) is 36.6 Å². The number of piperazine rings is 1. The lowest BCUT2D eigenvalue weighted by molar-refractivity contribution is 0.169. The Balaban J connectivity index is 0.00000272. The highest BCUT2D eigenvalue weighted by molar-refractivity contribution is 14.0. The van der Waals surface area contributed by atoms with Gasteiger partial charge in [-0.2, -0.15) is 0 Å². The second-order valence-corrected chi connectivity index (χ2v) is 8.22. The number of nitrogens with zero attached hydrogens (tertiary/aromatic N) is 5. The van der Waals surface area contributed by atoms with Gasteiger partial charge in [0.05, 0.1) is 12.2 Å². The normalized spacial score (nSPS) is 18.2. The molecule has 0 amide bonds. The number of halogens is 1. The molecule has 8 heteroatoms. The number of rotatable bonds is 7. The fraction of sp³-hybridized carbons (Fsp3) is 0.565. The number of nitrogens with one attached hydrogen (secondary N) is 1. The molecule has 0 radical (unpaired) electrons. The molecule has 2 aliphatic rings. The van der Waals surface area contributed by atoms with Gasteiger partial charge in [-0.3, -0.25) is 9.80 Å². The van der Waals surface area contributed by atoms with Crippen molar-refractivity contribution in [1.82, 2.24) is 25.2 Å². The Kier molecular flexibility index (Phi) is 9.60. The quantitative estimate of drug-likeness (QED) is 0.332. The highest BCUT2D eigenvalue weighted by atomic mass is 127. The van der Waals surface area contributed by atoms with Crippen LogP contribution in [0.4, 0.5) is 0 Å². The molecule has 2 aromatic rings. The van der Waals surface area contributed by atoms with Crippen LogP contribution in [0.25, 0.3) is 0 Å². The first-order valence-corrected chi connectivity index (χ1v) is 11.2. The highest BCUT2D eigenvalue weighted by Crippen LogP contribution is 2.14. The van der Waals surface area contributed by atoms with E-state index in [9.17, 15) is 0 Å². The van der Waals surface area contributed by atoms with Crippen LogP contribution in [-0.2, 0) is 19.6 Å². The number of hydrogen-bond acceptors (Lipinski definition) is 5. The van der Waals surface area contributed by atoms with E-state index in [1.807, 2.05) is 6.07 Å². The molecule has 0 bridgehead atoms. The largest absolute Gasteiger partial charge is 0.364 e. The predicted octanol–water partition coefficient (Wildman–Crippen LogP) is 3.17. The monoisotopic (exact) mass is 538 g/mol. The van der Waals surface area contributed by atoms with Crippen LogP contribution in [0.3, 0.4) is 0 Å². The summed E-state index contributed by atoms with van der Waals surface area (Å²) in [4.78, 5) is 12.2. The van der Waals surface area contributed by atoms with Gasteiger partial charge in [0, 0.05) is 51.9 Å². The lowest BCUT2D eigenvalue weighted by atomic mass is 10.1. The van der Waals surface area contributed by atoms with Crippen molar-refractivity contribution in [3.63, 3.8) is 0 Å². The number of likely N-dealkylation sites (tertiary alicyclic amines) is 1. The fourth-order valence-corrected chi connectivity index (χ4v) is 4.21. The minimum absolute atomic E-state index is 0. The molecular formula is C23H35IN6O. The van der Waals surface area contributed by atoms with Gasteiger partial charge >= 0.3 is 0 Å². The van der Waals surface area contributed by atoms with Crippen molar-refractivity contribution in [2.24, 2.45) is 4.99 Å². The van der Waals surface area contributed by atoms with Crippen molar-refractivity contribution in [2.45, 2.75) is 39.4 Å². The Labute approximate surface area is 202 Å². The molecule has 1 aromatic carbocycles. The topological polar surface area (TPSA) is 60.1 Å². The van der Waals surface area contributed by atoms with E-state index in [0.717, 1.165) is 57.5 Å². The van der Waals surface area contributed by atoms with Gasteiger partial charge in [0.1, 0.15) is 6.26 Å². The number of guanidine groups is 1. The van der Waals surface area contributed by atoms with E-state index in [1.165, 1.54) is 37.1 Å². The van der Waals surface area contributed by atoms with E-state index in [1.54, 1.807) is 6.26 Å². The summed E-state index contributed by atoms with van der Waals surface area (Å²) in [5, 5.41) is 7.49. The molecule has 0 spiro atoms. The number of aromatic nitrogens is 1. The van der Waals surface area contributed by atoms with Crippen LogP contribution in [0.2, 0.25) is 0 Å². The first-order valence-electron chi connectivity index (χ1n) is 11.2. The lowest BCUT2D eigenvalue weighted by Crippen LogP contribution is -2.52. The molecule has 2 saturated heterocycles. The van der Waals surface area contributed by atoms with Crippen molar-refractivity contribution in [1.29, 1.82) is 0 Å². The Morgan fingerprint density at radius 2 is 1.61 bits per heavy atom. The lowest BCUT2D eigenvalue weighted by Gasteiger charge is -2.36. The molecule has 31 heavy (non-hydrogen) atoms. The Bertz CT molecular complexity index is 781. The summed E-state index contributed by atoms with van der Waals surface area (Å²) in [7, 11) is 0. The zero-order chi connectivity index (χ0) is 20.6. The van der Waals surface area contributed by atoms with Gasteiger partial charge in [-0.1, -0.05) is 29.4 Å². The highest BCUT2D eigenvalue weighted by Gasteiger charge is 2.20. The van der Waals surface area contributed by atoms with E-state index in [4.69, 9.17) is 9.52 Å². The van der Waals surface area contributed by atoms with Crippen molar-refractivity contribution < 1.29 is 4.52 Å². The molecule has 0 aliphatic carbocycles. The summed E-state index contributed by atoms with van der Waals surface area (Å²) in [6.45, 7) is 12.1. The fourth-order valence-electron chi connectivity index (χ4n) is 4.21. The Morgan fingerprint density at radius 3 is 2.26 bits per heavy atom. The van der Waals surface area contributed by atoms with Crippen molar-refractivity contribution in [2.75, 3.05) is 45.8 Å². The second-order valence-electron chi connectivity index (χ2n) is 8.22. The average molecular weight is 538 g/mol. The maximum Gasteiger partial charge on any atom is 0.194 e. The zero-order valence-electron chi connectivity index (χ0n) is 18.5. The Hall–Kier alpha value is -1.65. The number of aliphatic imine (C=N–C) groups is 1. The summed E-state index contributed by atoms with van der Waals surface area (Å²) in [6, 6.07) is 10.9. The standard InChI is InChI=1S/C23H34N6O.HI/c1-2-24-23(29-14-12-28(13-15-29)19-22-9-16-30-26-22)25-17-20-5-7-21(8-6-20)18-27-10-3-4-11-27;/h5-9,16H,2-4,10-15,17-19H2,1H3,(H,24,25);1H. The van der Waals surface area contributed by atoms with Crippen LogP contribution < -0.4 is 5.32 Å². The van der Waals surface area contributed by atoms with Gasteiger partial charge in [-0.05, 0) is 44.0 Å². The SMILES string of the molecule is CCNC(=NCc1ccc(CN2CCCC2)cc1)N1CCN(Cc2ccon2)CC1.I. The number of benzene rings is 1. The summed E-state index contributed by atoms with van der Waals surface area (Å²) in [6.07, 6.45) is 4.32. The van der Waals surface area contributed by atoms with Crippen LogP contribution in [0.5, 0.6) is 0 Å². The number of hydrogen-bond donors (Lipinski definition) is 1. The Morgan fingerprint density at radius 1 is 0.935 bits per heavy atom. The van der Waals surface area contributed by atoms with Gasteiger partial charge in [0.25, 0.3) is 0 Å². The zero-order valence-corrected chi connectivity index (χ0v) is 20.8. The molecule has 7 nitrogen and oxygen atoms in total. The van der Waals surface area contributed by atoms with E-state index in [2.05, 4.69) is 56.4 Å². The third-order valence-corrected chi connectivity index (χ3v) is 5.92. The van der Waals surface area contributed by atoms with Crippen LogP contribution in [0.15, 0.2) is 46.1 Å². The molecule has 0 unspecified atom stereocenters. The molecule has 0 saturated carbocycles. The average Bonchev–Trinajstić information content (AvgIpc) is 3.47. The van der Waals surface area contributed by atoms with Gasteiger partial charge in [-0.15, -0.1) is 24.0 Å². The van der Waals surface area contributed by atoms with Gasteiger partial charge in [0.15, 0.2) is 5.96 Å². The van der Waals surface area contributed by atoms with E-state index in [0.29, 0.717) is 6.54 Å². The minimum Gasteiger partial charge on any atom is -0.364 e. The van der Waals surface area contributed by atoms with Crippen LogP contribution in [0, 0.1) is 0 Å². The molecule has 1 N–H and O–H groups in total. The second kappa shape index (κ2) is 12.4. The first-order chi connectivity index (χ1) is 14.8. The molecular weight excluding hydrogens is 503 g/mol. The molecule has 2 aliphatic heterocycles. The van der Waals surface area contributed by atoms with Crippen molar-refractivity contribution in [3.05, 3.63) is 53.4 Å². The summed E-state index contributed by atoms with van der Waals surface area (Å²) < 4.78 is 4.94. The van der Waals surface area contributed by atoms with Gasteiger partial charge < -0.3 is 14.7 Å². The summed E-state index contributed by atoms with van der Waals surface area (Å²) >= 11 is 0. The van der Waals surface area contributed by atoms with Crippen LogP contribution >= 0.6 is 24.0 Å². The molecule has 0 atom stereocenters. The van der Waals surface area contributed by atoms with E-state index >= 15 is 0 Å². The molecule has 1 aromatic heterocycles. The maximum absolute atomic E-state index is 4.94. The third kappa shape index (κ3) is 7.18. The van der Waals surface area contributed by atoms with Crippen molar-refractivity contribution >= 4 is 29.9 Å². The molecule has 3 heterocycles. The van der Waals surface area contributed by atoms with Crippen LogP contribution in [-0.4, -0.2) is 71.6 Å². The predicted molar refractivity (Wildman–Crippen MR) is 135 cm³/mol. The molecule has 2 fully saturated rings.